The van der Waals surface area contributed by atoms with Crippen LogP contribution in [0, 0.1) is 6.92 Å². The molecule has 0 unspecified atom stereocenters. The third-order valence-corrected chi connectivity index (χ3v) is 6.37. The summed E-state index contributed by atoms with van der Waals surface area (Å²) < 4.78 is 33.3. The van der Waals surface area contributed by atoms with Crippen LogP contribution in [0.3, 0.4) is 0 Å². The summed E-state index contributed by atoms with van der Waals surface area (Å²) in [4.78, 5) is 12.4. The van der Waals surface area contributed by atoms with Crippen LogP contribution in [0.25, 0.3) is 0 Å². The highest BCUT2D eigenvalue weighted by Gasteiger charge is 2.17. The molecule has 6 nitrogen and oxygen atoms in total. The number of carbonyl (C=O) groups excluding carboxylic acids is 1. The number of ether oxygens (including phenoxy) is 1. The SMILES string of the molecule is Cc1ccc(NS(=O)(=O)c2ccc(NC(=O)[C@H](C)Oc3cccc(Cl)c3)cc2)cc1Cl. The number of halogens is 2. The number of hydrogen-bond donors (Lipinski definition) is 2. The van der Waals surface area contributed by atoms with E-state index in [9.17, 15) is 13.2 Å². The first kappa shape index (κ1) is 22.9. The Balaban J connectivity index is 1.64. The molecule has 0 radical (unpaired) electrons. The molecule has 0 bridgehead atoms. The zero-order chi connectivity index (χ0) is 22.6. The van der Waals surface area contributed by atoms with Crippen molar-refractivity contribution in [3.63, 3.8) is 0 Å². The molecular weight excluding hydrogens is 459 g/mol. The number of hydrogen-bond acceptors (Lipinski definition) is 4. The molecule has 0 heterocycles. The van der Waals surface area contributed by atoms with E-state index in [0.717, 1.165) is 5.56 Å². The van der Waals surface area contributed by atoms with Gasteiger partial charge in [-0.3, -0.25) is 9.52 Å². The fraction of sp³-hybridized carbons (Fsp3) is 0.136. The fourth-order valence-corrected chi connectivity index (χ4v) is 4.04. The van der Waals surface area contributed by atoms with E-state index in [1.807, 2.05) is 6.92 Å². The van der Waals surface area contributed by atoms with Gasteiger partial charge in [-0.2, -0.15) is 0 Å². The molecule has 0 aromatic heterocycles. The fourth-order valence-electron chi connectivity index (χ4n) is 2.63. The van der Waals surface area contributed by atoms with Crippen molar-refractivity contribution < 1.29 is 17.9 Å². The molecule has 3 aromatic rings. The Morgan fingerprint density at radius 3 is 2.29 bits per heavy atom. The average Bonchev–Trinajstić information content (AvgIpc) is 2.71. The molecule has 0 aliphatic heterocycles. The summed E-state index contributed by atoms with van der Waals surface area (Å²) in [6.07, 6.45) is -0.783. The minimum absolute atomic E-state index is 0.0467. The molecule has 162 valence electrons. The molecule has 3 aromatic carbocycles. The van der Waals surface area contributed by atoms with Gasteiger partial charge in [0.15, 0.2) is 6.10 Å². The van der Waals surface area contributed by atoms with Crippen LogP contribution >= 0.6 is 23.2 Å². The lowest BCUT2D eigenvalue weighted by Crippen LogP contribution is -2.30. The second-order valence-corrected chi connectivity index (χ2v) is 9.33. The van der Waals surface area contributed by atoms with Crippen molar-refractivity contribution in [1.29, 1.82) is 0 Å². The molecule has 0 aliphatic rings. The molecule has 0 saturated carbocycles. The zero-order valence-electron chi connectivity index (χ0n) is 16.7. The van der Waals surface area contributed by atoms with E-state index in [-0.39, 0.29) is 10.8 Å². The summed E-state index contributed by atoms with van der Waals surface area (Å²) in [5, 5.41) is 3.66. The lowest BCUT2D eigenvalue weighted by Gasteiger charge is -2.15. The van der Waals surface area contributed by atoms with Crippen molar-refractivity contribution >= 4 is 50.5 Å². The van der Waals surface area contributed by atoms with E-state index in [1.165, 1.54) is 24.3 Å². The molecule has 0 spiro atoms. The molecule has 31 heavy (non-hydrogen) atoms. The van der Waals surface area contributed by atoms with Crippen molar-refractivity contribution in [2.24, 2.45) is 0 Å². The number of sulfonamides is 1. The van der Waals surface area contributed by atoms with Crippen molar-refractivity contribution in [2.45, 2.75) is 24.8 Å². The normalized spacial score (nSPS) is 12.1. The van der Waals surface area contributed by atoms with Crippen LogP contribution in [-0.4, -0.2) is 20.4 Å². The number of carbonyl (C=O) groups is 1. The van der Waals surface area contributed by atoms with Crippen LogP contribution in [-0.2, 0) is 14.8 Å². The summed E-state index contributed by atoms with van der Waals surface area (Å²) in [7, 11) is -3.81. The number of aryl methyl sites for hydroxylation is 1. The van der Waals surface area contributed by atoms with Crippen molar-refractivity contribution in [3.8, 4) is 5.75 Å². The Morgan fingerprint density at radius 2 is 1.65 bits per heavy atom. The summed E-state index contributed by atoms with van der Waals surface area (Å²) in [6.45, 7) is 3.43. The third kappa shape index (κ3) is 6.13. The highest BCUT2D eigenvalue weighted by molar-refractivity contribution is 7.92. The van der Waals surface area contributed by atoms with Gasteiger partial charge < -0.3 is 10.1 Å². The van der Waals surface area contributed by atoms with Gasteiger partial charge in [0.05, 0.1) is 10.6 Å². The van der Waals surface area contributed by atoms with Gasteiger partial charge in [-0.05, 0) is 74.0 Å². The van der Waals surface area contributed by atoms with Gasteiger partial charge >= 0.3 is 0 Å². The molecule has 1 amide bonds. The third-order valence-electron chi connectivity index (χ3n) is 4.33. The van der Waals surface area contributed by atoms with Crippen LogP contribution in [0.5, 0.6) is 5.75 Å². The van der Waals surface area contributed by atoms with E-state index >= 15 is 0 Å². The molecule has 9 heteroatoms. The maximum absolute atomic E-state index is 12.6. The summed E-state index contributed by atoms with van der Waals surface area (Å²) >= 11 is 12.0. The Kier molecular flexibility index (Phi) is 7.10. The van der Waals surface area contributed by atoms with Gasteiger partial charge in [0.2, 0.25) is 0 Å². The first-order valence-electron chi connectivity index (χ1n) is 9.26. The first-order chi connectivity index (χ1) is 14.6. The number of benzene rings is 3. The maximum Gasteiger partial charge on any atom is 0.265 e. The molecule has 0 saturated heterocycles. The number of rotatable bonds is 7. The Hall–Kier alpha value is -2.74. The number of anilines is 2. The van der Waals surface area contributed by atoms with Crippen molar-refractivity contribution in [1.82, 2.24) is 0 Å². The Labute approximate surface area is 191 Å². The molecule has 1 atom stereocenters. The molecule has 3 rings (SSSR count). The topological polar surface area (TPSA) is 84.5 Å². The zero-order valence-corrected chi connectivity index (χ0v) is 19.1. The number of amides is 1. The van der Waals surface area contributed by atoms with E-state index in [1.54, 1.807) is 49.4 Å². The molecule has 0 aliphatic carbocycles. The minimum Gasteiger partial charge on any atom is -0.481 e. The van der Waals surface area contributed by atoms with Crippen LogP contribution < -0.4 is 14.8 Å². The van der Waals surface area contributed by atoms with Crippen LogP contribution in [0.1, 0.15) is 12.5 Å². The average molecular weight is 479 g/mol. The largest absolute Gasteiger partial charge is 0.481 e. The lowest BCUT2D eigenvalue weighted by molar-refractivity contribution is -0.122. The van der Waals surface area contributed by atoms with Gasteiger partial charge in [0.1, 0.15) is 5.75 Å². The van der Waals surface area contributed by atoms with Gasteiger partial charge in [0, 0.05) is 15.7 Å². The van der Waals surface area contributed by atoms with Crippen molar-refractivity contribution in [2.75, 3.05) is 10.0 Å². The minimum atomic E-state index is -3.81. The Morgan fingerprint density at radius 1 is 0.968 bits per heavy atom. The van der Waals surface area contributed by atoms with Crippen LogP contribution in [0.15, 0.2) is 71.6 Å². The van der Waals surface area contributed by atoms with E-state index < -0.39 is 16.1 Å². The number of nitrogens with one attached hydrogen (secondary N) is 2. The van der Waals surface area contributed by atoms with Crippen LogP contribution in [0.2, 0.25) is 10.0 Å². The van der Waals surface area contributed by atoms with Crippen molar-refractivity contribution in [3.05, 3.63) is 82.3 Å². The monoisotopic (exact) mass is 478 g/mol. The highest BCUT2D eigenvalue weighted by Crippen LogP contribution is 2.23. The van der Waals surface area contributed by atoms with Gasteiger partial charge in [-0.1, -0.05) is 35.3 Å². The molecule has 0 fully saturated rings. The van der Waals surface area contributed by atoms with E-state index in [0.29, 0.717) is 27.2 Å². The van der Waals surface area contributed by atoms with E-state index in [2.05, 4.69) is 10.0 Å². The smallest absolute Gasteiger partial charge is 0.265 e. The second kappa shape index (κ2) is 9.60. The standard InChI is InChI=1S/C22H20Cl2N2O4S/c1-14-6-7-18(13-21(14)24)26-31(28,29)20-10-8-17(9-11-20)25-22(27)15(2)30-19-5-3-4-16(23)12-19/h3-13,15,26H,1-2H3,(H,25,27)/t15-/m0/s1. The van der Waals surface area contributed by atoms with Crippen LogP contribution in [0.4, 0.5) is 11.4 Å². The maximum atomic E-state index is 12.6. The Bertz CT molecular complexity index is 1200. The van der Waals surface area contributed by atoms with Gasteiger partial charge in [0.25, 0.3) is 15.9 Å². The summed E-state index contributed by atoms with van der Waals surface area (Å²) in [6, 6.07) is 17.4. The second-order valence-electron chi connectivity index (χ2n) is 6.80. The highest BCUT2D eigenvalue weighted by atomic mass is 35.5. The predicted molar refractivity (Wildman–Crippen MR) is 124 cm³/mol. The lowest BCUT2D eigenvalue weighted by atomic mass is 10.2. The molecular formula is C22H20Cl2N2O4S. The first-order valence-corrected chi connectivity index (χ1v) is 11.5. The quantitative estimate of drug-likeness (QED) is 0.468. The van der Waals surface area contributed by atoms with E-state index in [4.69, 9.17) is 27.9 Å². The van der Waals surface area contributed by atoms with Gasteiger partial charge in [-0.25, -0.2) is 8.42 Å². The van der Waals surface area contributed by atoms with Gasteiger partial charge in [-0.15, -0.1) is 0 Å². The molecule has 2 N–H and O–H groups in total. The summed E-state index contributed by atoms with van der Waals surface area (Å²) in [5.74, 6) is 0.0851. The summed E-state index contributed by atoms with van der Waals surface area (Å²) in [5.41, 5.74) is 1.64. The predicted octanol–water partition coefficient (Wildman–Crippen LogP) is 5.51.